The molecule has 0 spiro atoms. The van der Waals surface area contributed by atoms with Crippen molar-refractivity contribution in [3.8, 4) is 0 Å². The molecule has 4 atom stereocenters. The number of rotatable bonds is 9. The second-order valence-corrected chi connectivity index (χ2v) is 11.8. The molecule has 0 amide bonds. The van der Waals surface area contributed by atoms with Crippen LogP contribution in [0.15, 0.2) is 60.7 Å². The lowest BCUT2D eigenvalue weighted by atomic mass is 10.1. The van der Waals surface area contributed by atoms with Gasteiger partial charge in [-0.1, -0.05) is 84.2 Å². The van der Waals surface area contributed by atoms with E-state index in [4.69, 9.17) is 0 Å². The number of hydrogen-bond acceptors (Lipinski definition) is 6. The van der Waals surface area contributed by atoms with E-state index in [1.807, 2.05) is 35.7 Å². The minimum atomic E-state index is 0.149. The van der Waals surface area contributed by atoms with E-state index in [0.717, 1.165) is 11.5 Å². The van der Waals surface area contributed by atoms with Crippen molar-refractivity contribution in [2.75, 3.05) is 11.5 Å². The summed E-state index contributed by atoms with van der Waals surface area (Å²) in [5, 5.41) is 2.43. The van der Waals surface area contributed by atoms with E-state index in [1.54, 1.807) is 0 Å². The van der Waals surface area contributed by atoms with Gasteiger partial charge < -0.3 is 0 Å². The van der Waals surface area contributed by atoms with Gasteiger partial charge in [0.1, 0.15) is 0 Å². The first-order valence-electron chi connectivity index (χ1n) is 9.43. The predicted molar refractivity (Wildman–Crippen MR) is 125 cm³/mol. The zero-order valence-electron chi connectivity index (χ0n) is 15.4. The van der Waals surface area contributed by atoms with Crippen LogP contribution in [0, 0.1) is 0 Å². The standard InChI is InChI=1S/C22H22O2S4/c23-19(25-13-17-21(27-17)15-7-3-1-4-8-15)11-12-20(24)26-14-18-22(28-18)16-9-5-2-6-10-16/h1-10,17-18,21-22H,11-14H2. The van der Waals surface area contributed by atoms with Gasteiger partial charge in [0.2, 0.25) is 0 Å². The van der Waals surface area contributed by atoms with Crippen molar-refractivity contribution in [1.29, 1.82) is 0 Å². The smallest absolute Gasteiger partial charge is 0.189 e. The van der Waals surface area contributed by atoms with Gasteiger partial charge in [0.05, 0.1) is 0 Å². The normalized spacial score (nSPS) is 25.3. The first-order valence-corrected chi connectivity index (χ1v) is 13.3. The van der Waals surface area contributed by atoms with Gasteiger partial charge in [0, 0.05) is 45.3 Å². The van der Waals surface area contributed by atoms with Crippen LogP contribution in [0.1, 0.15) is 34.5 Å². The van der Waals surface area contributed by atoms with Crippen LogP contribution in [0.25, 0.3) is 0 Å². The molecule has 2 aromatic carbocycles. The zero-order chi connectivity index (χ0) is 19.3. The number of benzene rings is 2. The Morgan fingerprint density at radius 3 is 1.46 bits per heavy atom. The number of carbonyl (C=O) groups is 2. The highest BCUT2D eigenvalue weighted by atomic mass is 32.2. The maximum atomic E-state index is 12.1. The van der Waals surface area contributed by atoms with Gasteiger partial charge in [-0.2, -0.15) is 0 Å². The van der Waals surface area contributed by atoms with Crippen molar-refractivity contribution < 1.29 is 9.59 Å². The fourth-order valence-electron chi connectivity index (χ4n) is 3.11. The highest BCUT2D eigenvalue weighted by molar-refractivity contribution is 8.16. The third-order valence-corrected chi connectivity index (χ3v) is 10.0. The first-order chi connectivity index (χ1) is 13.7. The summed E-state index contributed by atoms with van der Waals surface area (Å²) in [4.78, 5) is 24.2. The van der Waals surface area contributed by atoms with E-state index in [1.165, 1.54) is 34.7 Å². The molecule has 2 aliphatic heterocycles. The zero-order valence-corrected chi connectivity index (χ0v) is 18.6. The van der Waals surface area contributed by atoms with E-state index in [-0.39, 0.29) is 10.2 Å². The van der Waals surface area contributed by atoms with Crippen molar-refractivity contribution >= 4 is 57.3 Å². The van der Waals surface area contributed by atoms with E-state index in [9.17, 15) is 9.59 Å². The molecule has 2 heterocycles. The second-order valence-electron chi connectivity index (χ2n) is 6.88. The average molecular weight is 447 g/mol. The quantitative estimate of drug-likeness (QED) is 0.440. The van der Waals surface area contributed by atoms with Crippen LogP contribution >= 0.6 is 47.0 Å². The van der Waals surface area contributed by atoms with E-state index >= 15 is 0 Å². The molecular formula is C22H22O2S4. The molecule has 6 heteroatoms. The predicted octanol–water partition coefficient (Wildman–Crippen LogP) is 6.00. The Hall–Kier alpha value is -0.820. The molecule has 2 aliphatic rings. The maximum absolute atomic E-state index is 12.1. The van der Waals surface area contributed by atoms with Gasteiger partial charge in [-0.05, 0) is 11.1 Å². The van der Waals surface area contributed by atoms with Gasteiger partial charge in [-0.15, -0.1) is 23.5 Å². The van der Waals surface area contributed by atoms with Crippen LogP contribution in [0.3, 0.4) is 0 Å². The van der Waals surface area contributed by atoms with E-state index in [2.05, 4.69) is 48.5 Å². The highest BCUT2D eigenvalue weighted by Gasteiger charge is 2.40. The molecule has 0 aromatic heterocycles. The van der Waals surface area contributed by atoms with Crippen molar-refractivity contribution in [1.82, 2.24) is 0 Å². The fourth-order valence-corrected chi connectivity index (χ4v) is 7.68. The van der Waals surface area contributed by atoms with Gasteiger partial charge in [-0.25, -0.2) is 0 Å². The summed E-state index contributed by atoms with van der Waals surface area (Å²) in [5.74, 6) is 1.70. The Morgan fingerprint density at radius 2 is 1.07 bits per heavy atom. The largest absolute Gasteiger partial charge is 0.287 e. The molecule has 2 nitrogen and oxygen atoms in total. The molecule has 0 bridgehead atoms. The number of thioether (sulfide) groups is 4. The van der Waals surface area contributed by atoms with E-state index < -0.39 is 0 Å². The third-order valence-electron chi connectivity index (χ3n) is 4.77. The summed E-state index contributed by atoms with van der Waals surface area (Å²) in [5.41, 5.74) is 2.70. The van der Waals surface area contributed by atoms with Crippen LogP contribution < -0.4 is 0 Å². The number of hydrogen-bond donors (Lipinski definition) is 0. The van der Waals surface area contributed by atoms with Crippen LogP contribution in [0.2, 0.25) is 0 Å². The Labute approximate surface area is 183 Å². The summed E-state index contributed by atoms with van der Waals surface area (Å²) in [6, 6.07) is 20.9. The minimum Gasteiger partial charge on any atom is -0.287 e. The van der Waals surface area contributed by atoms with Gasteiger partial charge in [-0.3, -0.25) is 9.59 Å². The molecule has 2 fully saturated rings. The molecule has 4 rings (SSSR count). The lowest BCUT2D eigenvalue weighted by Gasteiger charge is -2.01. The van der Waals surface area contributed by atoms with Crippen molar-refractivity contribution in [3.05, 3.63) is 71.8 Å². The molecule has 4 unspecified atom stereocenters. The lowest BCUT2D eigenvalue weighted by Crippen LogP contribution is -2.03. The third kappa shape index (κ3) is 5.85. The summed E-state index contributed by atoms with van der Waals surface area (Å²) >= 11 is 6.65. The van der Waals surface area contributed by atoms with Crippen LogP contribution in [0.5, 0.6) is 0 Å². The summed E-state index contributed by atoms with van der Waals surface area (Å²) in [6.45, 7) is 0. The molecule has 0 radical (unpaired) electrons. The topological polar surface area (TPSA) is 34.1 Å². The Morgan fingerprint density at radius 1 is 0.679 bits per heavy atom. The average Bonchev–Trinajstić information content (AvgIpc) is 3.65. The molecular weight excluding hydrogens is 425 g/mol. The Balaban J connectivity index is 1.08. The molecule has 2 aromatic rings. The molecule has 0 aliphatic carbocycles. The van der Waals surface area contributed by atoms with Crippen LogP contribution in [-0.4, -0.2) is 32.2 Å². The second kappa shape index (κ2) is 9.79. The van der Waals surface area contributed by atoms with Gasteiger partial charge in [0.25, 0.3) is 0 Å². The maximum Gasteiger partial charge on any atom is 0.189 e. The van der Waals surface area contributed by atoms with Crippen molar-refractivity contribution in [2.45, 2.75) is 33.8 Å². The lowest BCUT2D eigenvalue weighted by molar-refractivity contribution is -0.115. The van der Waals surface area contributed by atoms with Crippen LogP contribution in [-0.2, 0) is 9.59 Å². The van der Waals surface area contributed by atoms with Gasteiger partial charge >= 0.3 is 0 Å². The SMILES string of the molecule is O=C(CCC(=O)SCC1SC1c1ccccc1)SCC1SC1c1ccccc1. The molecule has 146 valence electrons. The van der Waals surface area contributed by atoms with Crippen LogP contribution in [0.4, 0.5) is 0 Å². The first kappa shape index (κ1) is 20.5. The van der Waals surface area contributed by atoms with Gasteiger partial charge in [0.15, 0.2) is 10.2 Å². The molecule has 0 N–H and O–H groups in total. The Bertz CT molecular complexity index is 742. The molecule has 2 saturated heterocycles. The van der Waals surface area contributed by atoms with E-state index in [0.29, 0.717) is 33.8 Å². The van der Waals surface area contributed by atoms with Crippen molar-refractivity contribution in [3.63, 3.8) is 0 Å². The molecule has 0 saturated carbocycles. The monoisotopic (exact) mass is 446 g/mol. The highest BCUT2D eigenvalue weighted by Crippen LogP contribution is 2.56. The minimum absolute atomic E-state index is 0.149. The molecule has 28 heavy (non-hydrogen) atoms. The summed E-state index contributed by atoms with van der Waals surface area (Å²) in [6.07, 6.45) is 0.730. The van der Waals surface area contributed by atoms with Crippen molar-refractivity contribution in [2.24, 2.45) is 0 Å². The summed E-state index contributed by atoms with van der Waals surface area (Å²) in [7, 11) is 0. The number of carbonyl (C=O) groups excluding carboxylic acids is 2. The Kier molecular flexibility index (Phi) is 7.15. The fraction of sp³-hybridized carbons (Fsp3) is 0.364. The summed E-state index contributed by atoms with van der Waals surface area (Å²) < 4.78 is 0.